The normalized spacial score (nSPS) is 15.2. The van der Waals surface area contributed by atoms with Crippen LogP contribution in [0.1, 0.15) is 34.8 Å². The number of fused-ring (bicyclic) bond motifs is 1. The van der Waals surface area contributed by atoms with Gasteiger partial charge in [-0.3, -0.25) is 0 Å². The van der Waals surface area contributed by atoms with Gasteiger partial charge in [0.25, 0.3) is 0 Å². The second-order valence-electron chi connectivity index (χ2n) is 7.21. The Hall–Kier alpha value is -2.69. The number of allylic oxidation sites excluding steroid dienone is 1. The van der Waals surface area contributed by atoms with E-state index in [-0.39, 0.29) is 0 Å². The molecule has 0 unspecified atom stereocenters. The molecule has 0 fully saturated rings. The van der Waals surface area contributed by atoms with Gasteiger partial charge in [-0.05, 0) is 55.2 Å². The molecule has 3 aromatic rings. The predicted molar refractivity (Wildman–Crippen MR) is 117 cm³/mol. The van der Waals surface area contributed by atoms with Gasteiger partial charge in [-0.15, -0.1) is 0 Å². The smallest absolute Gasteiger partial charge is 0.122 e. The third-order valence-corrected chi connectivity index (χ3v) is 6.84. The monoisotopic (exact) mass is 404 g/mol. The van der Waals surface area contributed by atoms with Crippen LogP contribution in [0.15, 0.2) is 82.6 Å². The first-order valence-electron chi connectivity index (χ1n) is 9.72. The molecule has 29 heavy (non-hydrogen) atoms. The van der Waals surface area contributed by atoms with Gasteiger partial charge in [-0.2, -0.15) is 0 Å². The fourth-order valence-corrected chi connectivity index (χ4v) is 5.09. The van der Waals surface area contributed by atoms with Crippen molar-refractivity contribution in [3.8, 4) is 5.75 Å². The highest BCUT2D eigenvalue weighted by Gasteiger charge is 2.25. The Morgan fingerprint density at radius 2 is 1.76 bits per heavy atom. The summed E-state index contributed by atoms with van der Waals surface area (Å²) in [6.07, 6.45) is 2.94. The van der Waals surface area contributed by atoms with Crippen LogP contribution in [0.2, 0.25) is 0 Å². The molecular weight excluding hydrogens is 380 g/mol. The molecule has 148 valence electrons. The highest BCUT2D eigenvalue weighted by Crippen LogP contribution is 2.40. The molecule has 1 aliphatic rings. The van der Waals surface area contributed by atoms with Crippen LogP contribution in [0.3, 0.4) is 0 Å². The molecule has 0 spiro atoms. The summed E-state index contributed by atoms with van der Waals surface area (Å²) in [6, 6.07) is 21.0. The maximum Gasteiger partial charge on any atom is 0.122 e. The minimum atomic E-state index is -1.37. The molecule has 0 bridgehead atoms. The van der Waals surface area contributed by atoms with Crippen LogP contribution >= 0.6 is 0 Å². The quantitative estimate of drug-likeness (QED) is 0.633. The van der Waals surface area contributed by atoms with E-state index in [4.69, 9.17) is 4.74 Å². The lowest BCUT2D eigenvalue weighted by Gasteiger charge is -2.25. The van der Waals surface area contributed by atoms with Crippen LogP contribution in [0.4, 0.5) is 0 Å². The number of aryl methyl sites for hydroxylation is 1. The van der Waals surface area contributed by atoms with E-state index in [0.29, 0.717) is 10.5 Å². The Bertz CT molecular complexity index is 1080. The molecule has 3 aromatic carbocycles. The summed E-state index contributed by atoms with van der Waals surface area (Å²) in [4.78, 5) is 1.37. The number of aliphatic hydroxyl groups excluding tert-OH is 1. The van der Waals surface area contributed by atoms with Crippen LogP contribution in [0.25, 0.3) is 5.57 Å². The van der Waals surface area contributed by atoms with Crippen molar-refractivity contribution in [2.75, 3.05) is 7.11 Å². The Kier molecular flexibility index (Phi) is 5.65. The fraction of sp³-hybridized carbons (Fsp3) is 0.200. The van der Waals surface area contributed by atoms with Crippen LogP contribution in [0, 0.1) is 6.92 Å². The van der Waals surface area contributed by atoms with Gasteiger partial charge in [-0.25, -0.2) is 4.21 Å². The van der Waals surface area contributed by atoms with E-state index in [0.717, 1.165) is 45.8 Å². The molecule has 3 nitrogen and oxygen atoms in total. The minimum absolute atomic E-state index is 0.639. The van der Waals surface area contributed by atoms with Crippen LogP contribution in [-0.4, -0.2) is 16.4 Å². The molecule has 1 aliphatic carbocycles. The van der Waals surface area contributed by atoms with E-state index in [1.807, 2.05) is 73.7 Å². The summed E-state index contributed by atoms with van der Waals surface area (Å²) in [5.74, 6) is 0.844. The average Bonchev–Trinajstić information content (AvgIpc) is 2.77. The van der Waals surface area contributed by atoms with E-state index in [1.54, 1.807) is 7.11 Å². The molecule has 0 aromatic heterocycles. The second kappa shape index (κ2) is 8.36. The number of ether oxygens (including phenoxy) is 1. The Balaban J connectivity index is 1.75. The van der Waals surface area contributed by atoms with Crippen LogP contribution in [0.5, 0.6) is 5.75 Å². The van der Waals surface area contributed by atoms with Gasteiger partial charge in [0.1, 0.15) is 11.9 Å². The zero-order valence-electron chi connectivity index (χ0n) is 16.6. The molecule has 0 amide bonds. The average molecular weight is 405 g/mol. The van der Waals surface area contributed by atoms with Crippen LogP contribution < -0.4 is 4.74 Å². The Morgan fingerprint density at radius 3 is 2.52 bits per heavy atom. The summed E-state index contributed by atoms with van der Waals surface area (Å²) >= 11 is 0. The molecule has 0 saturated heterocycles. The third-order valence-electron chi connectivity index (χ3n) is 5.37. The summed E-state index contributed by atoms with van der Waals surface area (Å²) in [5, 5.41) is 11.3. The standard InChI is InChI=1S/C25H24O3S/c1-17-13-15-18(16-14-17)29(27)24-12-4-3-7-22(24)25(26)21-10-5-9-20-19(21)8-6-11-23(20)28-2/h3-4,6-8,10-16,25-26H,5,9H2,1-2H3/t25-,29+/m1/s1. The molecular formula is C25H24O3S. The summed E-state index contributed by atoms with van der Waals surface area (Å²) < 4.78 is 18.8. The maximum absolute atomic E-state index is 13.3. The van der Waals surface area contributed by atoms with Gasteiger partial charge >= 0.3 is 0 Å². The lowest BCUT2D eigenvalue weighted by atomic mass is 9.85. The number of aliphatic hydroxyl groups is 1. The SMILES string of the molecule is COc1cccc2c1CCC=C2[C@@H](O)c1ccccc1[S@@](=O)c1ccc(C)cc1. The van der Waals surface area contributed by atoms with Crippen molar-refractivity contribution < 1.29 is 14.1 Å². The molecule has 4 rings (SSSR count). The molecule has 0 aliphatic heterocycles. The van der Waals surface area contributed by atoms with Gasteiger partial charge in [0, 0.05) is 20.9 Å². The summed E-state index contributed by atoms with van der Waals surface area (Å²) in [7, 11) is 0.303. The Morgan fingerprint density at radius 1 is 1.00 bits per heavy atom. The topological polar surface area (TPSA) is 46.5 Å². The van der Waals surface area contributed by atoms with Crippen molar-refractivity contribution in [2.45, 2.75) is 35.7 Å². The lowest BCUT2D eigenvalue weighted by Crippen LogP contribution is -2.11. The first kappa shape index (κ1) is 19.6. The summed E-state index contributed by atoms with van der Waals surface area (Å²) in [6.45, 7) is 2.01. The highest BCUT2D eigenvalue weighted by atomic mass is 32.2. The van der Waals surface area contributed by atoms with Crippen molar-refractivity contribution in [1.29, 1.82) is 0 Å². The molecule has 2 atom stereocenters. The molecule has 4 heteroatoms. The van der Waals surface area contributed by atoms with Gasteiger partial charge < -0.3 is 9.84 Å². The third kappa shape index (κ3) is 3.78. The molecule has 0 saturated carbocycles. The van der Waals surface area contributed by atoms with Crippen molar-refractivity contribution in [1.82, 2.24) is 0 Å². The fourth-order valence-electron chi connectivity index (χ4n) is 3.86. The lowest BCUT2D eigenvalue weighted by molar-refractivity contribution is 0.234. The predicted octanol–water partition coefficient (Wildman–Crippen LogP) is 5.23. The molecule has 1 N–H and O–H groups in total. The van der Waals surface area contributed by atoms with Gasteiger partial charge in [0.2, 0.25) is 0 Å². The first-order chi connectivity index (χ1) is 14.1. The number of methoxy groups -OCH3 is 1. The highest BCUT2D eigenvalue weighted by molar-refractivity contribution is 7.85. The van der Waals surface area contributed by atoms with Gasteiger partial charge in [-0.1, -0.05) is 54.1 Å². The number of hydrogen-bond acceptors (Lipinski definition) is 3. The molecule has 0 radical (unpaired) electrons. The van der Waals surface area contributed by atoms with E-state index in [2.05, 4.69) is 6.08 Å². The van der Waals surface area contributed by atoms with Crippen molar-refractivity contribution in [3.05, 3.63) is 95.1 Å². The number of rotatable bonds is 5. The molecule has 0 heterocycles. The van der Waals surface area contributed by atoms with Crippen molar-refractivity contribution >= 4 is 16.4 Å². The van der Waals surface area contributed by atoms with E-state index in [1.165, 1.54) is 0 Å². The van der Waals surface area contributed by atoms with Crippen LogP contribution in [-0.2, 0) is 17.2 Å². The number of benzene rings is 3. The van der Waals surface area contributed by atoms with Gasteiger partial charge in [0.05, 0.1) is 17.9 Å². The van der Waals surface area contributed by atoms with Gasteiger partial charge in [0.15, 0.2) is 0 Å². The Labute approximate surface area is 174 Å². The van der Waals surface area contributed by atoms with Crippen molar-refractivity contribution in [2.24, 2.45) is 0 Å². The second-order valence-corrected chi connectivity index (χ2v) is 8.66. The summed E-state index contributed by atoms with van der Waals surface area (Å²) in [5.41, 5.74) is 4.76. The van der Waals surface area contributed by atoms with E-state index >= 15 is 0 Å². The van der Waals surface area contributed by atoms with E-state index in [9.17, 15) is 9.32 Å². The van der Waals surface area contributed by atoms with Crippen molar-refractivity contribution in [3.63, 3.8) is 0 Å². The zero-order valence-corrected chi connectivity index (χ0v) is 17.4. The zero-order chi connectivity index (χ0) is 20.4. The minimum Gasteiger partial charge on any atom is -0.496 e. The first-order valence-corrected chi connectivity index (χ1v) is 10.9. The number of hydrogen-bond donors (Lipinski definition) is 1. The van der Waals surface area contributed by atoms with E-state index < -0.39 is 16.9 Å². The maximum atomic E-state index is 13.3. The largest absolute Gasteiger partial charge is 0.496 e.